The van der Waals surface area contributed by atoms with Gasteiger partial charge in [-0.05, 0) is 58.6 Å². The highest BCUT2D eigenvalue weighted by Crippen LogP contribution is 2.32. The molecule has 118 valence electrons. The summed E-state index contributed by atoms with van der Waals surface area (Å²) < 4.78 is 0. The lowest BCUT2D eigenvalue weighted by atomic mass is 10.1. The second-order valence-electron chi connectivity index (χ2n) is 7.13. The Morgan fingerprint density at radius 1 is 1.38 bits per heavy atom. The summed E-state index contributed by atoms with van der Waals surface area (Å²) in [6, 6.07) is 3.33. The summed E-state index contributed by atoms with van der Waals surface area (Å²) in [5.41, 5.74) is 1.21. The van der Waals surface area contributed by atoms with Crippen LogP contribution in [0.2, 0.25) is 5.02 Å². The SMILES string of the molecule is CCC1CCC(C)N1c1cc(CNC(C)(C)C)c(Cl)cn1. The molecule has 0 spiro atoms. The number of halogens is 1. The van der Waals surface area contributed by atoms with E-state index in [1.54, 1.807) is 6.20 Å². The van der Waals surface area contributed by atoms with Gasteiger partial charge >= 0.3 is 0 Å². The van der Waals surface area contributed by atoms with Gasteiger partial charge in [0.25, 0.3) is 0 Å². The molecule has 0 bridgehead atoms. The van der Waals surface area contributed by atoms with Crippen LogP contribution in [0.15, 0.2) is 12.3 Å². The van der Waals surface area contributed by atoms with E-state index in [0.29, 0.717) is 12.1 Å². The lowest BCUT2D eigenvalue weighted by Crippen LogP contribution is -2.36. The number of nitrogens with zero attached hydrogens (tertiary/aromatic N) is 2. The molecule has 0 aliphatic carbocycles. The van der Waals surface area contributed by atoms with Crippen molar-refractivity contribution < 1.29 is 0 Å². The third-order valence-corrected chi connectivity index (χ3v) is 4.59. The van der Waals surface area contributed by atoms with Gasteiger partial charge in [0, 0.05) is 30.4 Å². The molecule has 2 heterocycles. The first-order chi connectivity index (χ1) is 9.81. The van der Waals surface area contributed by atoms with Crippen molar-refractivity contribution in [1.82, 2.24) is 10.3 Å². The van der Waals surface area contributed by atoms with Crippen molar-refractivity contribution in [2.45, 2.75) is 78.0 Å². The zero-order valence-electron chi connectivity index (χ0n) is 13.9. The third-order valence-electron chi connectivity index (χ3n) is 4.25. The van der Waals surface area contributed by atoms with E-state index in [9.17, 15) is 0 Å². The summed E-state index contributed by atoms with van der Waals surface area (Å²) in [6.07, 6.45) is 5.48. The number of rotatable bonds is 4. The van der Waals surface area contributed by atoms with E-state index in [1.165, 1.54) is 19.3 Å². The van der Waals surface area contributed by atoms with E-state index in [-0.39, 0.29) is 5.54 Å². The summed E-state index contributed by atoms with van der Waals surface area (Å²) in [6.45, 7) is 11.8. The molecule has 0 radical (unpaired) electrons. The molecule has 0 saturated carbocycles. The Morgan fingerprint density at radius 2 is 2.10 bits per heavy atom. The average molecular weight is 310 g/mol. The fourth-order valence-electron chi connectivity index (χ4n) is 2.99. The van der Waals surface area contributed by atoms with Crippen LogP contribution in [0.4, 0.5) is 5.82 Å². The van der Waals surface area contributed by atoms with Gasteiger partial charge in [-0.25, -0.2) is 4.98 Å². The molecule has 2 atom stereocenters. The monoisotopic (exact) mass is 309 g/mol. The summed E-state index contributed by atoms with van der Waals surface area (Å²) in [7, 11) is 0. The van der Waals surface area contributed by atoms with Crippen molar-refractivity contribution in [3.8, 4) is 0 Å². The van der Waals surface area contributed by atoms with Crippen molar-refractivity contribution in [3.05, 3.63) is 22.8 Å². The molecule has 1 fully saturated rings. The molecule has 2 rings (SSSR count). The Balaban J connectivity index is 2.21. The third kappa shape index (κ3) is 4.10. The molecule has 3 nitrogen and oxygen atoms in total. The Hall–Kier alpha value is -0.800. The predicted molar refractivity (Wildman–Crippen MR) is 91.1 cm³/mol. The number of aromatic nitrogens is 1. The summed E-state index contributed by atoms with van der Waals surface area (Å²) >= 11 is 6.32. The first-order valence-corrected chi connectivity index (χ1v) is 8.37. The smallest absolute Gasteiger partial charge is 0.129 e. The van der Waals surface area contributed by atoms with Crippen molar-refractivity contribution >= 4 is 17.4 Å². The first-order valence-electron chi connectivity index (χ1n) is 7.99. The number of pyridine rings is 1. The van der Waals surface area contributed by atoms with Crippen LogP contribution in [0.1, 0.15) is 59.4 Å². The van der Waals surface area contributed by atoms with Gasteiger partial charge in [0.2, 0.25) is 0 Å². The molecule has 2 unspecified atom stereocenters. The normalized spacial score (nSPS) is 22.9. The second kappa shape index (κ2) is 6.53. The molecule has 1 aromatic heterocycles. The quantitative estimate of drug-likeness (QED) is 0.894. The zero-order chi connectivity index (χ0) is 15.6. The summed E-state index contributed by atoms with van der Waals surface area (Å²) in [5, 5.41) is 4.25. The topological polar surface area (TPSA) is 28.2 Å². The van der Waals surface area contributed by atoms with E-state index in [0.717, 1.165) is 22.9 Å². The van der Waals surface area contributed by atoms with Gasteiger partial charge in [-0.1, -0.05) is 18.5 Å². The van der Waals surface area contributed by atoms with E-state index in [2.05, 4.69) is 55.9 Å². The minimum atomic E-state index is 0.0830. The molecular weight excluding hydrogens is 282 g/mol. The van der Waals surface area contributed by atoms with Crippen molar-refractivity contribution in [1.29, 1.82) is 0 Å². The lowest BCUT2D eigenvalue weighted by Gasteiger charge is -2.30. The predicted octanol–water partition coefficient (Wildman–Crippen LogP) is 4.39. The molecule has 1 aliphatic rings. The molecule has 1 N–H and O–H groups in total. The van der Waals surface area contributed by atoms with Crippen molar-refractivity contribution in [2.24, 2.45) is 0 Å². The van der Waals surface area contributed by atoms with Gasteiger partial charge in [0.15, 0.2) is 0 Å². The standard InChI is InChI=1S/C17H28ClN3/c1-6-14-8-7-12(2)21(14)16-9-13(15(18)11-19-16)10-20-17(3,4)5/h9,11-12,14,20H,6-8,10H2,1-5H3. The number of anilines is 1. The van der Waals surface area contributed by atoms with E-state index in [1.807, 2.05) is 0 Å². The highest BCUT2D eigenvalue weighted by molar-refractivity contribution is 6.31. The van der Waals surface area contributed by atoms with Crippen LogP contribution in [0.25, 0.3) is 0 Å². The molecule has 1 saturated heterocycles. The minimum Gasteiger partial charge on any atom is -0.351 e. The molecule has 1 aliphatic heterocycles. The van der Waals surface area contributed by atoms with Crippen LogP contribution < -0.4 is 10.2 Å². The van der Waals surface area contributed by atoms with Gasteiger partial charge in [-0.15, -0.1) is 0 Å². The molecular formula is C17H28ClN3. The van der Waals surface area contributed by atoms with Gasteiger partial charge < -0.3 is 10.2 Å². The van der Waals surface area contributed by atoms with Crippen LogP contribution in [0, 0.1) is 0 Å². The number of hydrogen-bond acceptors (Lipinski definition) is 3. The second-order valence-corrected chi connectivity index (χ2v) is 7.54. The van der Waals surface area contributed by atoms with Crippen LogP contribution in [-0.4, -0.2) is 22.6 Å². The Kier molecular flexibility index (Phi) is 5.15. The van der Waals surface area contributed by atoms with Crippen LogP contribution in [0.5, 0.6) is 0 Å². The summed E-state index contributed by atoms with van der Waals surface area (Å²) in [5.74, 6) is 1.07. The first kappa shape index (κ1) is 16.6. The van der Waals surface area contributed by atoms with Crippen molar-refractivity contribution in [3.63, 3.8) is 0 Å². The lowest BCUT2D eigenvalue weighted by molar-refractivity contribution is 0.424. The van der Waals surface area contributed by atoms with Crippen molar-refractivity contribution in [2.75, 3.05) is 4.90 Å². The maximum Gasteiger partial charge on any atom is 0.129 e. The fourth-order valence-corrected chi connectivity index (χ4v) is 3.16. The zero-order valence-corrected chi connectivity index (χ0v) is 14.7. The Morgan fingerprint density at radius 3 is 2.71 bits per heavy atom. The van der Waals surface area contributed by atoms with Gasteiger partial charge in [0.1, 0.15) is 5.82 Å². The number of hydrogen-bond donors (Lipinski definition) is 1. The minimum absolute atomic E-state index is 0.0830. The fraction of sp³-hybridized carbons (Fsp3) is 0.706. The highest BCUT2D eigenvalue weighted by atomic mass is 35.5. The maximum atomic E-state index is 6.32. The summed E-state index contributed by atoms with van der Waals surface area (Å²) in [4.78, 5) is 7.05. The molecule has 4 heteroatoms. The number of nitrogens with one attached hydrogen (secondary N) is 1. The molecule has 0 aromatic carbocycles. The average Bonchev–Trinajstić information content (AvgIpc) is 2.78. The largest absolute Gasteiger partial charge is 0.351 e. The van der Waals surface area contributed by atoms with E-state index in [4.69, 9.17) is 11.6 Å². The van der Waals surface area contributed by atoms with Crippen LogP contribution >= 0.6 is 11.6 Å². The van der Waals surface area contributed by atoms with Crippen LogP contribution in [-0.2, 0) is 6.54 Å². The van der Waals surface area contributed by atoms with Gasteiger partial charge in [-0.2, -0.15) is 0 Å². The van der Waals surface area contributed by atoms with Crippen LogP contribution in [0.3, 0.4) is 0 Å². The molecule has 1 aromatic rings. The highest BCUT2D eigenvalue weighted by Gasteiger charge is 2.30. The van der Waals surface area contributed by atoms with Gasteiger partial charge in [0.05, 0.1) is 5.02 Å². The van der Waals surface area contributed by atoms with Gasteiger partial charge in [-0.3, -0.25) is 0 Å². The molecule has 0 amide bonds. The molecule has 21 heavy (non-hydrogen) atoms. The van der Waals surface area contributed by atoms with E-state index >= 15 is 0 Å². The van der Waals surface area contributed by atoms with E-state index < -0.39 is 0 Å². The Labute approximate surface area is 134 Å². The Bertz CT molecular complexity index is 481. The maximum absolute atomic E-state index is 6.32.